The lowest BCUT2D eigenvalue weighted by Gasteiger charge is -2.32. The summed E-state index contributed by atoms with van der Waals surface area (Å²) in [6.07, 6.45) is 0. The molecular weight excluding hydrogens is 505 g/mol. The fourth-order valence-corrected chi connectivity index (χ4v) is 6.93. The Labute approximate surface area is 238 Å². The van der Waals surface area contributed by atoms with Crippen LogP contribution < -0.4 is 5.46 Å². The van der Waals surface area contributed by atoms with E-state index in [1.807, 2.05) is 6.07 Å². The maximum Gasteiger partial charge on any atom is 0.495 e. The Morgan fingerprint density at radius 2 is 1.27 bits per heavy atom. The third-order valence-electron chi connectivity index (χ3n) is 9.59. The molecule has 2 aliphatic rings. The Morgan fingerprint density at radius 3 is 2.07 bits per heavy atom. The van der Waals surface area contributed by atoms with Crippen molar-refractivity contribution in [3.05, 3.63) is 97.1 Å². The number of furan rings is 1. The van der Waals surface area contributed by atoms with Gasteiger partial charge in [-0.2, -0.15) is 0 Å². The molecule has 2 aromatic heterocycles. The molecule has 0 bridgehead atoms. The van der Waals surface area contributed by atoms with Crippen molar-refractivity contribution >= 4 is 56.3 Å². The lowest BCUT2D eigenvalue weighted by Crippen LogP contribution is -2.41. The van der Waals surface area contributed by atoms with Gasteiger partial charge < -0.3 is 18.3 Å². The highest BCUT2D eigenvalue weighted by molar-refractivity contribution is 6.66. The maximum absolute atomic E-state index is 6.83. The molecule has 2 aliphatic heterocycles. The van der Waals surface area contributed by atoms with Crippen molar-refractivity contribution in [1.82, 2.24) is 4.57 Å². The van der Waals surface area contributed by atoms with Gasteiger partial charge in [-0.1, -0.05) is 78.9 Å². The molecule has 0 saturated carbocycles. The number of benzene rings is 5. The molecule has 0 amide bonds. The van der Waals surface area contributed by atoms with Crippen LogP contribution in [0.25, 0.3) is 71.7 Å². The summed E-state index contributed by atoms with van der Waals surface area (Å²) in [5.74, 6) is 0. The number of nitrogens with zero attached hydrogens (tertiary/aromatic N) is 1. The minimum atomic E-state index is -0.542. The SMILES string of the molecule is CC1(C)OB(c2cc3c(c4oc5ccccc5c24)-c2ccccc2-c2cccc4c5ccccc5n-3c24)OC1(C)C. The van der Waals surface area contributed by atoms with E-state index in [4.69, 9.17) is 13.7 Å². The van der Waals surface area contributed by atoms with Crippen LogP contribution in [-0.4, -0.2) is 22.9 Å². The predicted molar refractivity (Wildman–Crippen MR) is 168 cm³/mol. The highest BCUT2D eigenvalue weighted by Gasteiger charge is 2.52. The largest absolute Gasteiger partial charge is 0.495 e. The van der Waals surface area contributed by atoms with E-state index in [1.165, 1.54) is 32.9 Å². The molecule has 1 saturated heterocycles. The molecule has 0 unspecified atom stereocenters. The van der Waals surface area contributed by atoms with Gasteiger partial charge in [0.05, 0.1) is 27.9 Å². The summed E-state index contributed by atoms with van der Waals surface area (Å²) < 4.78 is 22.7. The Balaban J connectivity index is 1.52. The summed E-state index contributed by atoms with van der Waals surface area (Å²) in [4.78, 5) is 0. The molecule has 5 aromatic carbocycles. The van der Waals surface area contributed by atoms with Crippen LogP contribution in [0.5, 0.6) is 0 Å². The summed E-state index contributed by atoms with van der Waals surface area (Å²) in [6, 6.07) is 34.6. The van der Waals surface area contributed by atoms with E-state index in [9.17, 15) is 0 Å². The van der Waals surface area contributed by atoms with Gasteiger partial charge in [0.15, 0.2) is 0 Å². The molecule has 7 aromatic rings. The first kappa shape index (κ1) is 23.4. The molecule has 198 valence electrons. The van der Waals surface area contributed by atoms with E-state index >= 15 is 0 Å². The van der Waals surface area contributed by atoms with Crippen LogP contribution in [0.2, 0.25) is 0 Å². The van der Waals surface area contributed by atoms with E-state index < -0.39 is 18.3 Å². The molecule has 0 N–H and O–H groups in total. The van der Waals surface area contributed by atoms with Gasteiger partial charge in [0.1, 0.15) is 11.2 Å². The topological polar surface area (TPSA) is 36.5 Å². The van der Waals surface area contributed by atoms with Gasteiger partial charge in [-0.3, -0.25) is 0 Å². The fraction of sp³-hybridized carbons (Fsp3) is 0.167. The van der Waals surface area contributed by atoms with Crippen molar-refractivity contribution < 1.29 is 13.7 Å². The van der Waals surface area contributed by atoms with Gasteiger partial charge in [-0.15, -0.1) is 0 Å². The Morgan fingerprint density at radius 1 is 0.634 bits per heavy atom. The van der Waals surface area contributed by atoms with Gasteiger partial charge in [-0.05, 0) is 62.5 Å². The molecule has 0 aliphatic carbocycles. The standard InChI is InChI=1S/C36H28BNO3/c1-35(2)36(3,4)41-37(40-35)27-20-29-32(34-31(27)26-15-8-10-19-30(26)39-34)23-14-6-5-12-21(23)24-16-11-17-25-22-13-7-9-18-28(22)38(29)33(24)25/h5-20H,1-4H3. The molecule has 0 spiro atoms. The van der Waals surface area contributed by atoms with Gasteiger partial charge in [0.25, 0.3) is 0 Å². The predicted octanol–water partition coefficient (Wildman–Crippen LogP) is 8.63. The van der Waals surface area contributed by atoms with Crippen LogP contribution >= 0.6 is 0 Å². The van der Waals surface area contributed by atoms with Crippen LogP contribution in [0.15, 0.2) is 101 Å². The molecule has 0 radical (unpaired) electrons. The van der Waals surface area contributed by atoms with E-state index in [2.05, 4.69) is 123 Å². The van der Waals surface area contributed by atoms with Crippen LogP contribution in [0.4, 0.5) is 0 Å². The van der Waals surface area contributed by atoms with Crippen LogP contribution in [0.1, 0.15) is 27.7 Å². The molecule has 41 heavy (non-hydrogen) atoms. The average molecular weight is 533 g/mol. The Bertz CT molecular complexity index is 2220. The summed E-state index contributed by atoms with van der Waals surface area (Å²) in [7, 11) is -0.542. The van der Waals surface area contributed by atoms with Crippen molar-refractivity contribution in [2.75, 3.05) is 0 Å². The number of para-hydroxylation sites is 3. The number of rotatable bonds is 1. The zero-order valence-electron chi connectivity index (χ0n) is 23.5. The summed E-state index contributed by atoms with van der Waals surface area (Å²) in [5.41, 5.74) is 9.88. The Hall–Kier alpha value is -4.32. The number of hydrogen-bond acceptors (Lipinski definition) is 3. The monoisotopic (exact) mass is 533 g/mol. The highest BCUT2D eigenvalue weighted by atomic mass is 16.7. The Kier molecular flexibility index (Phi) is 4.39. The number of fused-ring (bicyclic) bond motifs is 12. The quantitative estimate of drug-likeness (QED) is 0.198. The van der Waals surface area contributed by atoms with E-state index in [0.29, 0.717) is 0 Å². The summed E-state index contributed by atoms with van der Waals surface area (Å²) >= 11 is 0. The van der Waals surface area contributed by atoms with Gasteiger partial charge in [0, 0.05) is 32.7 Å². The van der Waals surface area contributed by atoms with Crippen molar-refractivity contribution in [2.45, 2.75) is 38.9 Å². The van der Waals surface area contributed by atoms with Gasteiger partial charge in [0.2, 0.25) is 0 Å². The van der Waals surface area contributed by atoms with Crippen molar-refractivity contribution in [3.8, 4) is 27.9 Å². The first-order valence-corrected chi connectivity index (χ1v) is 14.3. The molecule has 0 atom stereocenters. The molecule has 5 heteroatoms. The van der Waals surface area contributed by atoms with E-state index in [0.717, 1.165) is 44.2 Å². The number of hydrogen-bond donors (Lipinski definition) is 0. The van der Waals surface area contributed by atoms with Crippen LogP contribution in [0, 0.1) is 0 Å². The second kappa shape index (κ2) is 7.70. The summed E-state index contributed by atoms with van der Waals surface area (Å²) in [6.45, 7) is 8.43. The molecular formula is C36H28BNO3. The second-order valence-electron chi connectivity index (χ2n) is 12.4. The third-order valence-corrected chi connectivity index (χ3v) is 9.59. The lowest BCUT2D eigenvalue weighted by molar-refractivity contribution is 0.00578. The first-order chi connectivity index (χ1) is 19.8. The zero-order valence-corrected chi connectivity index (χ0v) is 23.5. The molecule has 9 rings (SSSR count). The van der Waals surface area contributed by atoms with Crippen molar-refractivity contribution in [1.29, 1.82) is 0 Å². The van der Waals surface area contributed by atoms with E-state index in [-0.39, 0.29) is 0 Å². The normalized spacial score (nSPS) is 16.9. The summed E-state index contributed by atoms with van der Waals surface area (Å²) in [5, 5.41) is 4.59. The minimum absolute atomic E-state index is 0.469. The van der Waals surface area contributed by atoms with Crippen LogP contribution in [-0.2, 0) is 9.31 Å². The zero-order chi connectivity index (χ0) is 27.7. The van der Waals surface area contributed by atoms with Gasteiger partial charge in [-0.25, -0.2) is 0 Å². The smallest absolute Gasteiger partial charge is 0.455 e. The first-order valence-electron chi connectivity index (χ1n) is 14.3. The average Bonchev–Trinajstić information content (AvgIpc) is 3.55. The van der Waals surface area contributed by atoms with Crippen molar-refractivity contribution in [2.24, 2.45) is 0 Å². The molecule has 4 nitrogen and oxygen atoms in total. The highest BCUT2D eigenvalue weighted by Crippen LogP contribution is 2.50. The molecule has 4 heterocycles. The second-order valence-corrected chi connectivity index (χ2v) is 12.4. The minimum Gasteiger partial charge on any atom is -0.455 e. The van der Waals surface area contributed by atoms with Crippen LogP contribution in [0.3, 0.4) is 0 Å². The number of aromatic nitrogens is 1. The lowest BCUT2D eigenvalue weighted by atomic mass is 9.75. The third kappa shape index (κ3) is 2.92. The fourth-order valence-electron chi connectivity index (χ4n) is 6.93. The maximum atomic E-state index is 6.83. The van der Waals surface area contributed by atoms with E-state index in [1.54, 1.807) is 0 Å². The van der Waals surface area contributed by atoms with Gasteiger partial charge >= 0.3 is 7.12 Å². The molecule has 1 fully saturated rings. The van der Waals surface area contributed by atoms with Crippen molar-refractivity contribution in [3.63, 3.8) is 0 Å².